The SMILES string of the molecule is Cc1occc1-c1nnc(S[C@H](C)C(=O)Nc2ccc3c(c2)CCC3)o1. The van der Waals surface area contributed by atoms with Crippen molar-refractivity contribution in [2.24, 2.45) is 0 Å². The van der Waals surface area contributed by atoms with Crippen molar-refractivity contribution in [1.29, 1.82) is 0 Å². The Morgan fingerprint density at radius 1 is 1.23 bits per heavy atom. The molecule has 6 nitrogen and oxygen atoms in total. The van der Waals surface area contributed by atoms with Gasteiger partial charge in [-0.3, -0.25) is 4.79 Å². The summed E-state index contributed by atoms with van der Waals surface area (Å²) in [5.74, 6) is 1.02. The maximum Gasteiger partial charge on any atom is 0.277 e. The number of anilines is 1. The van der Waals surface area contributed by atoms with Crippen molar-refractivity contribution in [2.75, 3.05) is 5.32 Å². The van der Waals surface area contributed by atoms with Crippen LogP contribution in [-0.2, 0) is 17.6 Å². The van der Waals surface area contributed by atoms with Gasteiger partial charge in [-0.05, 0) is 62.4 Å². The van der Waals surface area contributed by atoms with Crippen molar-refractivity contribution in [3.05, 3.63) is 47.4 Å². The first-order valence-corrected chi connectivity index (χ1v) is 9.45. The summed E-state index contributed by atoms with van der Waals surface area (Å²) in [4.78, 5) is 12.5. The summed E-state index contributed by atoms with van der Waals surface area (Å²) in [6, 6.07) is 7.92. The number of amides is 1. The molecule has 1 aliphatic carbocycles. The molecule has 0 saturated carbocycles. The second-order valence-corrected chi connectivity index (χ2v) is 7.64. The average Bonchev–Trinajstić information content (AvgIpc) is 3.34. The van der Waals surface area contributed by atoms with Crippen molar-refractivity contribution in [3.8, 4) is 11.5 Å². The highest BCUT2D eigenvalue weighted by atomic mass is 32.2. The molecular weight excluding hydrogens is 350 g/mol. The van der Waals surface area contributed by atoms with Crippen molar-refractivity contribution >= 4 is 23.4 Å². The van der Waals surface area contributed by atoms with Gasteiger partial charge in [-0.1, -0.05) is 17.8 Å². The van der Waals surface area contributed by atoms with E-state index in [9.17, 15) is 4.79 Å². The number of carbonyl (C=O) groups is 1. The minimum absolute atomic E-state index is 0.0906. The lowest BCUT2D eigenvalue weighted by Gasteiger charge is -2.11. The third-order valence-corrected chi connectivity index (χ3v) is 5.44. The number of furan rings is 1. The first kappa shape index (κ1) is 16.9. The van der Waals surface area contributed by atoms with Gasteiger partial charge in [0.25, 0.3) is 11.1 Å². The molecule has 1 aliphatic rings. The number of nitrogens with one attached hydrogen (secondary N) is 1. The Hall–Kier alpha value is -2.54. The number of benzene rings is 1. The third kappa shape index (κ3) is 3.39. The zero-order valence-corrected chi connectivity index (χ0v) is 15.4. The molecule has 1 amide bonds. The summed E-state index contributed by atoms with van der Waals surface area (Å²) >= 11 is 1.24. The molecule has 1 atom stereocenters. The van der Waals surface area contributed by atoms with E-state index >= 15 is 0 Å². The fourth-order valence-electron chi connectivity index (χ4n) is 3.07. The lowest BCUT2D eigenvalue weighted by Crippen LogP contribution is -2.22. The van der Waals surface area contributed by atoms with Gasteiger partial charge in [-0.2, -0.15) is 0 Å². The highest BCUT2D eigenvalue weighted by Gasteiger charge is 2.20. The maximum absolute atomic E-state index is 12.5. The lowest BCUT2D eigenvalue weighted by atomic mass is 10.1. The monoisotopic (exact) mass is 369 g/mol. The molecular formula is C19H19N3O3S. The van der Waals surface area contributed by atoms with Gasteiger partial charge in [0, 0.05) is 5.69 Å². The number of aromatic nitrogens is 2. The van der Waals surface area contributed by atoms with Crippen molar-refractivity contribution in [2.45, 2.75) is 43.6 Å². The summed E-state index contributed by atoms with van der Waals surface area (Å²) in [6.07, 6.45) is 4.98. The van der Waals surface area contributed by atoms with Gasteiger partial charge in [0.05, 0.1) is 17.1 Å². The van der Waals surface area contributed by atoms with Crippen molar-refractivity contribution < 1.29 is 13.6 Å². The molecule has 1 N–H and O–H groups in total. The Bertz CT molecular complexity index is 947. The minimum atomic E-state index is -0.359. The zero-order valence-electron chi connectivity index (χ0n) is 14.6. The smallest absolute Gasteiger partial charge is 0.277 e. The highest BCUT2D eigenvalue weighted by molar-refractivity contribution is 8.00. The van der Waals surface area contributed by atoms with E-state index in [1.807, 2.05) is 19.9 Å². The van der Waals surface area contributed by atoms with Gasteiger partial charge in [-0.15, -0.1) is 10.2 Å². The van der Waals surface area contributed by atoms with E-state index in [0.29, 0.717) is 16.9 Å². The van der Waals surface area contributed by atoms with E-state index in [4.69, 9.17) is 8.83 Å². The number of rotatable bonds is 5. The van der Waals surface area contributed by atoms with Crippen molar-refractivity contribution in [3.63, 3.8) is 0 Å². The van der Waals surface area contributed by atoms with Crippen LogP contribution in [0.4, 0.5) is 5.69 Å². The molecule has 0 aliphatic heterocycles. The highest BCUT2D eigenvalue weighted by Crippen LogP contribution is 2.29. The first-order valence-electron chi connectivity index (χ1n) is 8.57. The normalized spacial score (nSPS) is 14.2. The van der Waals surface area contributed by atoms with Crippen LogP contribution in [0.15, 0.2) is 44.6 Å². The number of thioether (sulfide) groups is 1. The quantitative estimate of drug-likeness (QED) is 0.677. The van der Waals surface area contributed by atoms with Gasteiger partial charge >= 0.3 is 0 Å². The Morgan fingerprint density at radius 3 is 2.88 bits per heavy atom. The second-order valence-electron chi connectivity index (χ2n) is 6.35. The van der Waals surface area contributed by atoms with Crippen LogP contribution in [0, 0.1) is 6.92 Å². The van der Waals surface area contributed by atoms with Crippen LogP contribution in [0.25, 0.3) is 11.5 Å². The molecule has 26 heavy (non-hydrogen) atoms. The van der Waals surface area contributed by atoms with Crippen LogP contribution in [0.1, 0.15) is 30.2 Å². The van der Waals surface area contributed by atoms with Crippen LogP contribution in [0.3, 0.4) is 0 Å². The fraction of sp³-hybridized carbons (Fsp3) is 0.316. The van der Waals surface area contributed by atoms with E-state index < -0.39 is 0 Å². The maximum atomic E-state index is 12.5. The van der Waals surface area contributed by atoms with Crippen LogP contribution >= 0.6 is 11.8 Å². The standard InChI is InChI=1S/C19H19N3O3S/c1-11-16(8-9-24-11)18-21-22-19(25-18)26-12(2)17(23)20-15-7-6-13-4-3-5-14(13)10-15/h6-10,12H,3-5H2,1-2H3,(H,20,23)/t12-/m1/s1. The summed E-state index contributed by atoms with van der Waals surface area (Å²) in [6.45, 7) is 3.65. The molecule has 2 aromatic heterocycles. The predicted molar refractivity (Wildman–Crippen MR) is 99.2 cm³/mol. The van der Waals surface area contributed by atoms with Crippen LogP contribution in [0.2, 0.25) is 0 Å². The molecule has 3 aromatic rings. The molecule has 0 radical (unpaired) electrons. The Balaban J connectivity index is 1.40. The Labute approximate surface area is 155 Å². The van der Waals surface area contributed by atoms with Gasteiger partial charge in [0.2, 0.25) is 5.91 Å². The molecule has 0 bridgehead atoms. The van der Waals surface area contributed by atoms with Gasteiger partial charge in [0.15, 0.2) is 0 Å². The largest absolute Gasteiger partial charge is 0.469 e. The fourth-order valence-corrected chi connectivity index (χ4v) is 3.75. The van der Waals surface area contributed by atoms with E-state index in [-0.39, 0.29) is 11.2 Å². The van der Waals surface area contributed by atoms with Crippen LogP contribution < -0.4 is 5.32 Å². The van der Waals surface area contributed by atoms with Crippen LogP contribution in [-0.4, -0.2) is 21.4 Å². The van der Waals surface area contributed by atoms with Gasteiger partial charge < -0.3 is 14.2 Å². The zero-order chi connectivity index (χ0) is 18.1. The topological polar surface area (TPSA) is 81.2 Å². The third-order valence-electron chi connectivity index (χ3n) is 4.51. The first-order chi connectivity index (χ1) is 12.6. The summed E-state index contributed by atoms with van der Waals surface area (Å²) in [5.41, 5.74) is 4.32. The minimum Gasteiger partial charge on any atom is -0.469 e. The van der Waals surface area contributed by atoms with E-state index in [2.05, 4.69) is 27.6 Å². The number of aryl methyl sites for hydroxylation is 3. The Morgan fingerprint density at radius 2 is 2.08 bits per heavy atom. The van der Waals surface area contributed by atoms with Crippen molar-refractivity contribution in [1.82, 2.24) is 10.2 Å². The molecule has 1 aromatic carbocycles. The summed E-state index contributed by atoms with van der Waals surface area (Å²) in [7, 11) is 0. The lowest BCUT2D eigenvalue weighted by molar-refractivity contribution is -0.115. The molecule has 0 spiro atoms. The van der Waals surface area contributed by atoms with E-state index in [1.165, 1.54) is 29.3 Å². The molecule has 2 heterocycles. The van der Waals surface area contributed by atoms with E-state index in [0.717, 1.165) is 24.1 Å². The molecule has 0 unspecified atom stereocenters. The molecule has 0 saturated heterocycles. The van der Waals surface area contributed by atoms with Crippen LogP contribution in [0.5, 0.6) is 0 Å². The van der Waals surface area contributed by atoms with Gasteiger partial charge in [0.1, 0.15) is 5.76 Å². The van der Waals surface area contributed by atoms with Gasteiger partial charge in [-0.25, -0.2) is 0 Å². The Kier molecular flexibility index (Phi) is 4.55. The number of hydrogen-bond acceptors (Lipinski definition) is 6. The van der Waals surface area contributed by atoms with E-state index in [1.54, 1.807) is 12.3 Å². The molecule has 4 rings (SSSR count). The molecule has 134 valence electrons. The number of nitrogens with zero attached hydrogens (tertiary/aromatic N) is 2. The molecule has 0 fully saturated rings. The number of carbonyl (C=O) groups excluding carboxylic acids is 1. The number of fused-ring (bicyclic) bond motifs is 1. The summed E-state index contributed by atoms with van der Waals surface area (Å²) < 4.78 is 10.9. The average molecular weight is 369 g/mol. The molecule has 7 heteroatoms. The predicted octanol–water partition coefficient (Wildman–Crippen LogP) is 4.25. The summed E-state index contributed by atoms with van der Waals surface area (Å²) in [5, 5.41) is 11.0. The second kappa shape index (κ2) is 6.99. The number of hydrogen-bond donors (Lipinski definition) is 1.